The van der Waals surface area contributed by atoms with E-state index in [9.17, 15) is 31.1 Å². The van der Waals surface area contributed by atoms with Crippen molar-refractivity contribution in [3.05, 3.63) is 47.5 Å². The summed E-state index contributed by atoms with van der Waals surface area (Å²) in [6.07, 6.45) is -1.03. The summed E-state index contributed by atoms with van der Waals surface area (Å²) in [5.74, 6) is 0.630. The molecule has 3 rings (SSSR count). The van der Waals surface area contributed by atoms with Gasteiger partial charge in [-0.05, 0) is 81.7 Å². The molecule has 1 saturated carbocycles. The van der Waals surface area contributed by atoms with Crippen LogP contribution in [-0.4, -0.2) is 73.0 Å². The highest BCUT2D eigenvalue weighted by Gasteiger charge is 2.37. The molecule has 41 heavy (non-hydrogen) atoms. The van der Waals surface area contributed by atoms with Crippen LogP contribution in [0, 0.1) is 5.92 Å². The Balaban J connectivity index is 0.00000157. The molecule has 0 atom stereocenters. The van der Waals surface area contributed by atoms with Gasteiger partial charge in [-0.2, -0.15) is 26.3 Å². The van der Waals surface area contributed by atoms with Gasteiger partial charge in [-0.3, -0.25) is 9.69 Å². The van der Waals surface area contributed by atoms with Crippen LogP contribution in [0.4, 0.5) is 26.3 Å². The largest absolute Gasteiger partial charge is 0.416 e. The Labute approximate surface area is 242 Å². The summed E-state index contributed by atoms with van der Waals surface area (Å²) >= 11 is 0. The number of likely N-dealkylation sites (tertiary alicyclic amines) is 1. The molecule has 1 aliphatic heterocycles. The number of benzene rings is 1. The van der Waals surface area contributed by atoms with Gasteiger partial charge in [-0.15, -0.1) is 6.58 Å². The molecule has 0 aromatic heterocycles. The number of likely N-dealkylation sites (N-methyl/N-ethyl adjacent to an activating group) is 1. The number of allylic oxidation sites excluding steroid dienone is 1. The third-order valence-corrected chi connectivity index (χ3v) is 7.47. The summed E-state index contributed by atoms with van der Waals surface area (Å²) in [6.45, 7) is 15.5. The molecule has 1 aromatic carbocycles. The summed E-state index contributed by atoms with van der Waals surface area (Å²) in [6, 6.07) is 2.10. The predicted molar refractivity (Wildman–Crippen MR) is 154 cm³/mol. The lowest BCUT2D eigenvalue weighted by molar-refractivity contribution is -0.143. The van der Waals surface area contributed by atoms with Crippen LogP contribution in [0.2, 0.25) is 0 Å². The van der Waals surface area contributed by atoms with Crippen molar-refractivity contribution in [1.29, 1.82) is 0 Å². The highest BCUT2D eigenvalue weighted by atomic mass is 19.4. The molecule has 0 bridgehead atoms. The minimum Gasteiger partial charge on any atom is -0.344 e. The van der Waals surface area contributed by atoms with Crippen LogP contribution in [-0.2, 0) is 23.6 Å². The number of carbonyl (C=O) groups is 1. The molecule has 1 aromatic rings. The smallest absolute Gasteiger partial charge is 0.344 e. The molecular formula is C31H49F6N3O. The Hall–Kier alpha value is -2.07. The first-order valence-electron chi connectivity index (χ1n) is 14.8. The van der Waals surface area contributed by atoms with E-state index in [2.05, 4.69) is 23.3 Å². The second-order valence-corrected chi connectivity index (χ2v) is 10.7. The predicted octanol–water partition coefficient (Wildman–Crippen LogP) is 7.92. The first-order valence-corrected chi connectivity index (χ1v) is 14.8. The number of rotatable bonds is 10. The molecule has 0 N–H and O–H groups in total. The molecule has 236 valence electrons. The Morgan fingerprint density at radius 2 is 1.49 bits per heavy atom. The number of alkyl halides is 6. The van der Waals surface area contributed by atoms with Gasteiger partial charge in [0, 0.05) is 39.3 Å². The van der Waals surface area contributed by atoms with Gasteiger partial charge in [0.2, 0.25) is 5.91 Å². The van der Waals surface area contributed by atoms with Crippen molar-refractivity contribution in [2.24, 2.45) is 5.92 Å². The maximum absolute atomic E-state index is 13.1. The van der Waals surface area contributed by atoms with Crippen LogP contribution in [0.15, 0.2) is 30.9 Å². The van der Waals surface area contributed by atoms with Gasteiger partial charge in [0.05, 0.1) is 17.7 Å². The first kappa shape index (κ1) is 37.0. The van der Waals surface area contributed by atoms with Gasteiger partial charge >= 0.3 is 12.4 Å². The quantitative estimate of drug-likeness (QED) is 0.204. The summed E-state index contributed by atoms with van der Waals surface area (Å²) in [7, 11) is 1.54. The zero-order valence-corrected chi connectivity index (χ0v) is 25.4. The van der Waals surface area contributed by atoms with Crippen molar-refractivity contribution in [1.82, 2.24) is 14.7 Å². The number of halogens is 6. The standard InChI is InChI=1S/C26H37F6N3O.C3H6.C2H6/c1-3-10-35(17-19-5-4-6-19)23-8-12-34(13-9-23)18-24(36)33(2)11-7-20-14-21(25(27,28)29)16-22(15-20)26(30,31)32;1-3-2;1-2/h14-16,19,23H,3-13,17-18H2,1-2H3;3H,1H2,2H3;1-2H3. The molecule has 1 heterocycles. The molecular weight excluding hydrogens is 544 g/mol. The topological polar surface area (TPSA) is 26.8 Å². The van der Waals surface area contributed by atoms with Crippen molar-refractivity contribution in [3.8, 4) is 0 Å². The van der Waals surface area contributed by atoms with Crippen LogP contribution in [0.3, 0.4) is 0 Å². The lowest BCUT2D eigenvalue weighted by atomic mass is 9.84. The van der Waals surface area contributed by atoms with Crippen molar-refractivity contribution >= 4 is 5.91 Å². The Morgan fingerprint density at radius 1 is 0.976 bits per heavy atom. The second-order valence-electron chi connectivity index (χ2n) is 10.7. The highest BCUT2D eigenvalue weighted by molar-refractivity contribution is 5.78. The third kappa shape index (κ3) is 12.8. The summed E-state index contributed by atoms with van der Waals surface area (Å²) in [5.41, 5.74) is -2.77. The van der Waals surface area contributed by atoms with Crippen LogP contribution in [0.25, 0.3) is 0 Å². The SMILES string of the molecule is C=CC.CC.CCCN(CC1CCC1)C1CCN(CC(=O)N(C)CCc2cc(C(F)(F)F)cc(C(F)(F)F)c2)CC1. The zero-order chi connectivity index (χ0) is 31.2. The van der Waals surface area contributed by atoms with E-state index in [-0.39, 0.29) is 37.0 Å². The fraction of sp³-hybridized carbons (Fsp3) is 0.710. The van der Waals surface area contributed by atoms with Crippen LogP contribution in [0.1, 0.15) is 82.9 Å². The van der Waals surface area contributed by atoms with E-state index >= 15 is 0 Å². The highest BCUT2D eigenvalue weighted by Crippen LogP contribution is 2.36. The Kier molecular flexibility index (Phi) is 16.0. The molecule has 0 unspecified atom stereocenters. The molecule has 1 saturated heterocycles. The van der Waals surface area contributed by atoms with E-state index < -0.39 is 23.5 Å². The minimum atomic E-state index is -4.88. The van der Waals surface area contributed by atoms with Crippen LogP contribution >= 0.6 is 0 Å². The number of piperidine rings is 1. The maximum atomic E-state index is 13.1. The van der Waals surface area contributed by atoms with Gasteiger partial charge in [-0.1, -0.05) is 33.3 Å². The zero-order valence-electron chi connectivity index (χ0n) is 25.4. The van der Waals surface area contributed by atoms with Gasteiger partial charge in [0.25, 0.3) is 0 Å². The Bertz CT molecular complexity index is 874. The molecule has 2 aliphatic rings. The molecule has 10 heteroatoms. The number of nitrogens with zero attached hydrogens (tertiary/aromatic N) is 3. The normalized spacial score (nSPS) is 16.7. The number of hydrogen-bond donors (Lipinski definition) is 0. The third-order valence-electron chi connectivity index (χ3n) is 7.47. The lowest BCUT2D eigenvalue weighted by Crippen LogP contribution is -2.49. The summed E-state index contributed by atoms with van der Waals surface area (Å²) < 4.78 is 78.5. The van der Waals surface area contributed by atoms with Crippen LogP contribution in [0.5, 0.6) is 0 Å². The van der Waals surface area contributed by atoms with E-state index in [1.807, 2.05) is 20.8 Å². The summed E-state index contributed by atoms with van der Waals surface area (Å²) in [5, 5.41) is 0. The Morgan fingerprint density at radius 3 is 1.90 bits per heavy atom. The molecule has 1 aliphatic carbocycles. The lowest BCUT2D eigenvalue weighted by Gasteiger charge is -2.41. The van der Waals surface area contributed by atoms with Gasteiger partial charge in [0.1, 0.15) is 0 Å². The molecule has 0 spiro atoms. The van der Waals surface area contributed by atoms with E-state index in [0.29, 0.717) is 6.04 Å². The van der Waals surface area contributed by atoms with Crippen LogP contribution < -0.4 is 0 Å². The summed E-state index contributed by atoms with van der Waals surface area (Å²) in [4.78, 5) is 18.8. The number of amides is 1. The maximum Gasteiger partial charge on any atom is 0.416 e. The molecule has 1 amide bonds. The fourth-order valence-corrected chi connectivity index (χ4v) is 5.06. The molecule has 0 radical (unpaired) electrons. The van der Waals surface area contributed by atoms with Gasteiger partial charge < -0.3 is 9.80 Å². The van der Waals surface area contributed by atoms with E-state index in [0.717, 1.165) is 63.5 Å². The molecule has 2 fully saturated rings. The number of carbonyl (C=O) groups excluding carboxylic acids is 1. The van der Waals surface area contributed by atoms with Crippen molar-refractivity contribution in [2.45, 2.75) is 91.0 Å². The van der Waals surface area contributed by atoms with Crippen molar-refractivity contribution in [2.75, 3.05) is 46.3 Å². The average molecular weight is 594 g/mol. The number of hydrogen-bond acceptors (Lipinski definition) is 3. The van der Waals surface area contributed by atoms with E-state index in [1.54, 1.807) is 6.08 Å². The van der Waals surface area contributed by atoms with Gasteiger partial charge in [-0.25, -0.2) is 0 Å². The van der Waals surface area contributed by atoms with E-state index in [1.165, 1.54) is 31.2 Å². The second kappa shape index (κ2) is 17.8. The molecule has 4 nitrogen and oxygen atoms in total. The van der Waals surface area contributed by atoms with Crippen molar-refractivity contribution < 1.29 is 31.1 Å². The monoisotopic (exact) mass is 593 g/mol. The first-order chi connectivity index (χ1) is 19.3. The van der Waals surface area contributed by atoms with Gasteiger partial charge in [0.15, 0.2) is 0 Å². The minimum absolute atomic E-state index is 0.0412. The van der Waals surface area contributed by atoms with Crippen molar-refractivity contribution in [3.63, 3.8) is 0 Å². The van der Waals surface area contributed by atoms with E-state index in [4.69, 9.17) is 0 Å². The average Bonchev–Trinajstić information content (AvgIpc) is 2.89. The fourth-order valence-electron chi connectivity index (χ4n) is 5.06.